The van der Waals surface area contributed by atoms with Crippen LogP contribution in [0.15, 0.2) is 60.7 Å². The second-order valence-corrected chi connectivity index (χ2v) is 6.53. The molecule has 0 saturated carbocycles. The van der Waals surface area contributed by atoms with Gasteiger partial charge in [-0.2, -0.15) is 13.2 Å². The van der Waals surface area contributed by atoms with E-state index >= 15 is 0 Å². The largest absolute Gasteiger partial charge is 0.392 e. The van der Waals surface area contributed by atoms with Gasteiger partial charge in [-0.15, -0.1) is 0 Å². The first-order valence-electron chi connectivity index (χ1n) is 8.60. The second-order valence-electron chi connectivity index (χ2n) is 6.53. The van der Waals surface area contributed by atoms with E-state index in [4.69, 9.17) is 4.98 Å². The van der Waals surface area contributed by atoms with Gasteiger partial charge in [0.25, 0.3) is 0 Å². The fourth-order valence-electron chi connectivity index (χ4n) is 3.39. The number of nitrogens with zero attached hydrogens (tertiary/aromatic N) is 2. The van der Waals surface area contributed by atoms with E-state index in [1.807, 2.05) is 60.7 Å². The minimum atomic E-state index is -4.19. The molecule has 3 aromatic rings. The maximum absolute atomic E-state index is 13.2. The van der Waals surface area contributed by atoms with Gasteiger partial charge in [0.15, 0.2) is 0 Å². The lowest BCUT2D eigenvalue weighted by atomic mass is 9.88. The molecule has 2 aromatic carbocycles. The summed E-state index contributed by atoms with van der Waals surface area (Å²) in [5, 5.41) is 0. The number of benzene rings is 2. The zero-order valence-corrected chi connectivity index (χ0v) is 14.0. The second kappa shape index (κ2) is 6.56. The topological polar surface area (TPSA) is 25.8 Å². The van der Waals surface area contributed by atoms with Gasteiger partial charge in [0.1, 0.15) is 0 Å². The standard InChI is InChI=1S/C21H17F3N2/c22-21(23,24)16-11-12-17-18(13-16)26-20(15-9-5-2-6-10-15)19(25-17)14-7-3-1-4-8-14/h1-10,16H,11-13H2. The number of rotatable bonds is 2. The number of hydrogen-bond donors (Lipinski definition) is 0. The Labute approximate surface area is 149 Å². The van der Waals surface area contributed by atoms with Crippen LogP contribution < -0.4 is 0 Å². The van der Waals surface area contributed by atoms with Crippen LogP contribution in [0.3, 0.4) is 0 Å². The molecule has 1 atom stereocenters. The van der Waals surface area contributed by atoms with Crippen LogP contribution >= 0.6 is 0 Å². The van der Waals surface area contributed by atoms with Gasteiger partial charge >= 0.3 is 6.18 Å². The SMILES string of the molecule is FC(F)(F)C1CCc2nc(-c3ccccc3)c(-c3ccccc3)nc2C1. The number of halogens is 3. The van der Waals surface area contributed by atoms with Gasteiger partial charge in [-0.3, -0.25) is 0 Å². The summed E-state index contributed by atoms with van der Waals surface area (Å²) in [7, 11) is 0. The van der Waals surface area contributed by atoms with E-state index in [9.17, 15) is 13.2 Å². The van der Waals surface area contributed by atoms with E-state index < -0.39 is 12.1 Å². The van der Waals surface area contributed by atoms with Crippen LogP contribution in [-0.4, -0.2) is 16.1 Å². The summed E-state index contributed by atoms with van der Waals surface area (Å²) in [5.74, 6) is -1.34. The third kappa shape index (κ3) is 3.21. The van der Waals surface area contributed by atoms with Gasteiger partial charge in [-0.25, -0.2) is 9.97 Å². The van der Waals surface area contributed by atoms with Crippen LogP contribution in [0.5, 0.6) is 0 Å². The van der Waals surface area contributed by atoms with Crippen molar-refractivity contribution in [2.75, 3.05) is 0 Å². The number of aromatic nitrogens is 2. The van der Waals surface area contributed by atoms with Gasteiger partial charge in [0, 0.05) is 17.5 Å². The zero-order chi connectivity index (χ0) is 18.1. The van der Waals surface area contributed by atoms with Crippen LogP contribution in [0.2, 0.25) is 0 Å². The van der Waals surface area contributed by atoms with E-state index in [-0.39, 0.29) is 12.8 Å². The first-order chi connectivity index (χ1) is 12.5. The van der Waals surface area contributed by atoms with Crippen molar-refractivity contribution in [3.8, 4) is 22.5 Å². The van der Waals surface area contributed by atoms with Crippen LogP contribution in [0, 0.1) is 5.92 Å². The van der Waals surface area contributed by atoms with Crippen LogP contribution in [0.1, 0.15) is 17.8 Å². The van der Waals surface area contributed by atoms with E-state index in [0.717, 1.165) is 16.8 Å². The summed E-state index contributed by atoms with van der Waals surface area (Å²) in [6.07, 6.45) is -3.91. The molecule has 1 aromatic heterocycles. The molecule has 2 nitrogen and oxygen atoms in total. The number of alkyl halides is 3. The summed E-state index contributed by atoms with van der Waals surface area (Å²) in [4.78, 5) is 9.41. The Morgan fingerprint density at radius 2 is 1.23 bits per heavy atom. The summed E-state index contributed by atoms with van der Waals surface area (Å²) in [6.45, 7) is 0. The summed E-state index contributed by atoms with van der Waals surface area (Å²) < 4.78 is 39.5. The minimum absolute atomic E-state index is 0.0735. The molecule has 0 N–H and O–H groups in total. The van der Waals surface area contributed by atoms with Crippen molar-refractivity contribution in [1.29, 1.82) is 0 Å². The third-order valence-corrected chi connectivity index (χ3v) is 4.78. The lowest BCUT2D eigenvalue weighted by Gasteiger charge is -2.26. The molecule has 0 spiro atoms. The van der Waals surface area contributed by atoms with Crippen LogP contribution in [0.25, 0.3) is 22.5 Å². The number of hydrogen-bond acceptors (Lipinski definition) is 2. The smallest absolute Gasteiger partial charge is 0.249 e. The van der Waals surface area contributed by atoms with Crippen LogP contribution in [0.4, 0.5) is 13.2 Å². The Morgan fingerprint density at radius 1 is 0.731 bits per heavy atom. The number of fused-ring (bicyclic) bond motifs is 1. The molecule has 1 aliphatic rings. The van der Waals surface area contributed by atoms with E-state index in [2.05, 4.69) is 4.98 Å². The monoisotopic (exact) mass is 354 g/mol. The lowest BCUT2D eigenvalue weighted by Crippen LogP contribution is -2.30. The molecule has 0 fully saturated rings. The van der Waals surface area contributed by atoms with Crippen molar-refractivity contribution in [2.24, 2.45) is 5.92 Å². The Balaban J connectivity index is 1.86. The molecule has 0 saturated heterocycles. The maximum Gasteiger partial charge on any atom is 0.392 e. The highest BCUT2D eigenvalue weighted by Gasteiger charge is 2.42. The molecule has 0 amide bonds. The molecular weight excluding hydrogens is 337 g/mol. The average Bonchev–Trinajstić information content (AvgIpc) is 2.67. The molecule has 0 bridgehead atoms. The van der Waals surface area contributed by atoms with Crippen molar-refractivity contribution in [3.05, 3.63) is 72.1 Å². The van der Waals surface area contributed by atoms with Crippen molar-refractivity contribution >= 4 is 0 Å². The summed E-state index contributed by atoms with van der Waals surface area (Å²) in [6, 6.07) is 19.2. The lowest BCUT2D eigenvalue weighted by molar-refractivity contribution is -0.177. The van der Waals surface area contributed by atoms with Crippen molar-refractivity contribution in [2.45, 2.75) is 25.4 Å². The molecule has 4 rings (SSSR count). The Bertz CT molecular complexity index is 906. The molecule has 132 valence electrons. The van der Waals surface area contributed by atoms with Gasteiger partial charge in [0.2, 0.25) is 0 Å². The Kier molecular flexibility index (Phi) is 4.23. The quantitative estimate of drug-likeness (QED) is 0.609. The predicted octanol–water partition coefficient (Wildman–Crippen LogP) is 5.48. The molecule has 26 heavy (non-hydrogen) atoms. The van der Waals surface area contributed by atoms with Crippen LogP contribution in [-0.2, 0) is 12.8 Å². The predicted molar refractivity (Wildman–Crippen MR) is 94.5 cm³/mol. The summed E-state index contributed by atoms with van der Waals surface area (Å²) >= 11 is 0. The zero-order valence-electron chi connectivity index (χ0n) is 14.0. The average molecular weight is 354 g/mol. The minimum Gasteiger partial charge on any atom is -0.249 e. The van der Waals surface area contributed by atoms with Gasteiger partial charge in [-0.05, 0) is 12.8 Å². The van der Waals surface area contributed by atoms with E-state index in [1.165, 1.54) is 0 Å². The molecule has 1 unspecified atom stereocenters. The highest BCUT2D eigenvalue weighted by Crippen LogP contribution is 2.38. The third-order valence-electron chi connectivity index (χ3n) is 4.78. The highest BCUT2D eigenvalue weighted by molar-refractivity contribution is 5.78. The van der Waals surface area contributed by atoms with Crippen molar-refractivity contribution in [3.63, 3.8) is 0 Å². The Morgan fingerprint density at radius 3 is 1.73 bits per heavy atom. The van der Waals surface area contributed by atoms with Gasteiger partial charge < -0.3 is 0 Å². The van der Waals surface area contributed by atoms with Crippen molar-refractivity contribution < 1.29 is 13.2 Å². The normalized spacial score (nSPS) is 17.0. The van der Waals surface area contributed by atoms with E-state index in [1.54, 1.807) is 0 Å². The molecule has 0 radical (unpaired) electrons. The number of aryl methyl sites for hydroxylation is 1. The van der Waals surface area contributed by atoms with Gasteiger partial charge in [0.05, 0.1) is 28.7 Å². The van der Waals surface area contributed by atoms with Gasteiger partial charge in [-0.1, -0.05) is 60.7 Å². The summed E-state index contributed by atoms with van der Waals surface area (Å²) in [5.41, 5.74) is 4.29. The van der Waals surface area contributed by atoms with E-state index in [0.29, 0.717) is 23.5 Å². The van der Waals surface area contributed by atoms with Crippen molar-refractivity contribution in [1.82, 2.24) is 9.97 Å². The maximum atomic E-state index is 13.2. The molecule has 0 aliphatic heterocycles. The molecule has 1 heterocycles. The first-order valence-corrected chi connectivity index (χ1v) is 8.60. The highest BCUT2D eigenvalue weighted by atomic mass is 19.4. The fraction of sp³-hybridized carbons (Fsp3) is 0.238. The first kappa shape index (κ1) is 16.8. The Hall–Kier alpha value is -2.69. The fourth-order valence-corrected chi connectivity index (χ4v) is 3.39. The molecule has 1 aliphatic carbocycles. The molecular formula is C21H17F3N2. The molecule has 5 heteroatoms.